The first kappa shape index (κ1) is 12.2. The molecule has 0 bridgehead atoms. The highest BCUT2D eigenvalue weighted by Gasteiger charge is 2.09. The van der Waals surface area contributed by atoms with Crippen molar-refractivity contribution >= 4 is 0 Å². The minimum Gasteiger partial charge on any atom is -0.319 e. The number of hydrogen-bond acceptors (Lipinski definition) is 3. The van der Waals surface area contributed by atoms with E-state index >= 15 is 0 Å². The van der Waals surface area contributed by atoms with Crippen molar-refractivity contribution in [3.05, 3.63) is 12.2 Å². The second-order valence-corrected chi connectivity index (χ2v) is 4.51. The van der Waals surface area contributed by atoms with E-state index in [-0.39, 0.29) is 6.04 Å². The number of nitrogens with one attached hydrogen (secondary N) is 1. The van der Waals surface area contributed by atoms with E-state index in [9.17, 15) is 0 Å². The van der Waals surface area contributed by atoms with Gasteiger partial charge < -0.3 is 9.88 Å². The van der Waals surface area contributed by atoms with Crippen LogP contribution in [0, 0.1) is 5.92 Å². The molecular weight excluding hydrogens is 188 g/mol. The molecule has 86 valence electrons. The molecule has 1 rings (SSSR count). The van der Waals surface area contributed by atoms with Gasteiger partial charge in [-0.05, 0) is 32.2 Å². The average molecular weight is 210 g/mol. The van der Waals surface area contributed by atoms with E-state index in [1.54, 1.807) is 6.33 Å². The summed E-state index contributed by atoms with van der Waals surface area (Å²) >= 11 is 0. The Balaban J connectivity index is 2.25. The van der Waals surface area contributed by atoms with Gasteiger partial charge in [0.15, 0.2) is 0 Å². The van der Waals surface area contributed by atoms with Crippen LogP contribution in [0.5, 0.6) is 0 Å². The summed E-state index contributed by atoms with van der Waals surface area (Å²) in [4.78, 5) is 0. The Hall–Kier alpha value is -0.900. The maximum Gasteiger partial charge on any atom is 0.149 e. The normalized spacial score (nSPS) is 13.4. The molecular formula is C11H22N4. The van der Waals surface area contributed by atoms with Crippen LogP contribution in [0.4, 0.5) is 0 Å². The summed E-state index contributed by atoms with van der Waals surface area (Å²) in [5.41, 5.74) is 0. The lowest BCUT2D eigenvalue weighted by atomic mass is 10.1. The van der Waals surface area contributed by atoms with Crippen LogP contribution in [-0.2, 0) is 7.05 Å². The third-order valence-electron chi connectivity index (χ3n) is 2.54. The van der Waals surface area contributed by atoms with Gasteiger partial charge in [-0.1, -0.05) is 13.8 Å². The highest BCUT2D eigenvalue weighted by Crippen LogP contribution is 2.08. The van der Waals surface area contributed by atoms with Crippen LogP contribution in [-0.4, -0.2) is 21.3 Å². The lowest BCUT2D eigenvalue weighted by Gasteiger charge is -2.13. The average Bonchev–Trinajstić information content (AvgIpc) is 2.58. The second-order valence-electron chi connectivity index (χ2n) is 4.51. The smallest absolute Gasteiger partial charge is 0.149 e. The Labute approximate surface area is 92.1 Å². The Morgan fingerprint density at radius 2 is 2.13 bits per heavy atom. The number of aryl methyl sites for hydroxylation is 1. The summed E-state index contributed by atoms with van der Waals surface area (Å²) in [6, 6.07) is 0.282. The molecule has 1 heterocycles. The van der Waals surface area contributed by atoms with Crippen LogP contribution in [0.25, 0.3) is 0 Å². The molecule has 15 heavy (non-hydrogen) atoms. The lowest BCUT2D eigenvalue weighted by molar-refractivity contribution is 0.480. The fraction of sp³-hybridized carbons (Fsp3) is 0.818. The highest BCUT2D eigenvalue weighted by molar-refractivity contribution is 4.91. The molecule has 1 unspecified atom stereocenters. The molecule has 0 aliphatic rings. The van der Waals surface area contributed by atoms with Crippen molar-refractivity contribution in [2.24, 2.45) is 13.0 Å². The summed E-state index contributed by atoms with van der Waals surface area (Å²) in [6.07, 6.45) is 4.24. The van der Waals surface area contributed by atoms with Gasteiger partial charge in [0.05, 0.1) is 6.04 Å². The summed E-state index contributed by atoms with van der Waals surface area (Å²) < 4.78 is 1.96. The van der Waals surface area contributed by atoms with E-state index in [4.69, 9.17) is 0 Å². The predicted molar refractivity (Wildman–Crippen MR) is 61.5 cm³/mol. The predicted octanol–water partition coefficient (Wildman–Crippen LogP) is 1.90. The van der Waals surface area contributed by atoms with Crippen molar-refractivity contribution in [2.45, 2.75) is 39.7 Å². The van der Waals surface area contributed by atoms with E-state index < -0.39 is 0 Å². The molecule has 1 atom stereocenters. The molecule has 0 aliphatic carbocycles. The molecule has 1 aromatic rings. The fourth-order valence-corrected chi connectivity index (χ4v) is 1.60. The van der Waals surface area contributed by atoms with Gasteiger partial charge in [0.25, 0.3) is 0 Å². The number of rotatable bonds is 6. The largest absolute Gasteiger partial charge is 0.319 e. The van der Waals surface area contributed by atoms with Gasteiger partial charge in [-0.3, -0.25) is 0 Å². The van der Waals surface area contributed by atoms with Crippen LogP contribution in [0.1, 0.15) is 45.5 Å². The van der Waals surface area contributed by atoms with E-state index in [0.29, 0.717) is 0 Å². The van der Waals surface area contributed by atoms with Gasteiger partial charge in [-0.15, -0.1) is 10.2 Å². The Morgan fingerprint density at radius 3 is 2.67 bits per heavy atom. The maximum absolute atomic E-state index is 4.08. The second kappa shape index (κ2) is 5.85. The molecule has 1 N–H and O–H groups in total. The Bertz CT molecular complexity index is 280. The SMILES string of the molecule is CC(C)CCCNC(C)c1nncn1C. The molecule has 0 saturated carbocycles. The standard InChI is InChI=1S/C11H22N4/c1-9(2)6-5-7-12-10(3)11-14-13-8-15(11)4/h8-10,12H,5-7H2,1-4H3. The van der Waals surface area contributed by atoms with E-state index in [1.807, 2.05) is 11.6 Å². The van der Waals surface area contributed by atoms with E-state index in [1.165, 1.54) is 12.8 Å². The van der Waals surface area contributed by atoms with Gasteiger partial charge in [0, 0.05) is 7.05 Å². The lowest BCUT2D eigenvalue weighted by Crippen LogP contribution is -2.22. The first-order valence-corrected chi connectivity index (χ1v) is 5.68. The fourth-order valence-electron chi connectivity index (χ4n) is 1.60. The van der Waals surface area contributed by atoms with Gasteiger partial charge in [0.2, 0.25) is 0 Å². The molecule has 0 amide bonds. The molecule has 4 heteroatoms. The third-order valence-corrected chi connectivity index (χ3v) is 2.54. The number of hydrogen-bond donors (Lipinski definition) is 1. The summed E-state index contributed by atoms with van der Waals surface area (Å²) in [5.74, 6) is 1.79. The first-order chi connectivity index (χ1) is 7.11. The quantitative estimate of drug-likeness (QED) is 0.729. The number of nitrogens with zero attached hydrogens (tertiary/aromatic N) is 3. The highest BCUT2D eigenvalue weighted by atomic mass is 15.3. The monoisotopic (exact) mass is 210 g/mol. The number of aromatic nitrogens is 3. The summed E-state index contributed by atoms with van der Waals surface area (Å²) in [5, 5.41) is 11.4. The topological polar surface area (TPSA) is 42.7 Å². The van der Waals surface area contributed by atoms with Crippen molar-refractivity contribution in [3.8, 4) is 0 Å². The molecule has 0 aromatic carbocycles. The van der Waals surface area contributed by atoms with Crippen LogP contribution < -0.4 is 5.32 Å². The van der Waals surface area contributed by atoms with Crippen LogP contribution in [0.2, 0.25) is 0 Å². The summed E-state index contributed by atoms with van der Waals surface area (Å²) in [7, 11) is 1.97. The Kier molecular flexibility index (Phi) is 4.75. The molecule has 0 fully saturated rings. The zero-order valence-electron chi connectivity index (χ0n) is 10.2. The molecule has 0 aliphatic heterocycles. The molecule has 4 nitrogen and oxygen atoms in total. The van der Waals surface area contributed by atoms with Gasteiger partial charge in [-0.2, -0.15) is 0 Å². The minimum atomic E-state index is 0.282. The maximum atomic E-state index is 4.08. The van der Waals surface area contributed by atoms with Gasteiger partial charge in [-0.25, -0.2) is 0 Å². The van der Waals surface area contributed by atoms with Crippen LogP contribution in [0.15, 0.2) is 6.33 Å². The van der Waals surface area contributed by atoms with Crippen molar-refractivity contribution in [1.29, 1.82) is 0 Å². The Morgan fingerprint density at radius 1 is 1.40 bits per heavy atom. The zero-order valence-corrected chi connectivity index (χ0v) is 10.2. The molecule has 0 radical (unpaired) electrons. The third kappa shape index (κ3) is 4.00. The van der Waals surface area contributed by atoms with Crippen molar-refractivity contribution in [2.75, 3.05) is 6.54 Å². The van der Waals surface area contributed by atoms with E-state index in [0.717, 1.165) is 18.3 Å². The first-order valence-electron chi connectivity index (χ1n) is 5.68. The molecule has 0 saturated heterocycles. The van der Waals surface area contributed by atoms with Crippen molar-refractivity contribution < 1.29 is 0 Å². The van der Waals surface area contributed by atoms with E-state index in [2.05, 4.69) is 36.3 Å². The van der Waals surface area contributed by atoms with Crippen molar-refractivity contribution in [1.82, 2.24) is 20.1 Å². The van der Waals surface area contributed by atoms with Crippen LogP contribution in [0.3, 0.4) is 0 Å². The van der Waals surface area contributed by atoms with Gasteiger partial charge >= 0.3 is 0 Å². The van der Waals surface area contributed by atoms with Crippen LogP contribution >= 0.6 is 0 Å². The van der Waals surface area contributed by atoms with Gasteiger partial charge in [0.1, 0.15) is 12.2 Å². The van der Waals surface area contributed by atoms with Crippen molar-refractivity contribution in [3.63, 3.8) is 0 Å². The molecule has 0 spiro atoms. The minimum absolute atomic E-state index is 0.282. The molecule has 1 aromatic heterocycles. The summed E-state index contributed by atoms with van der Waals surface area (Å²) in [6.45, 7) is 7.68. The zero-order chi connectivity index (χ0) is 11.3.